The average Bonchev–Trinajstić information content (AvgIpc) is 2.49. The zero-order valence-electron chi connectivity index (χ0n) is 12.0. The fourth-order valence-corrected chi connectivity index (χ4v) is 1.82. The average molecular weight is 325 g/mol. The van der Waals surface area contributed by atoms with Crippen LogP contribution in [0.4, 0.5) is 0 Å². The summed E-state index contributed by atoms with van der Waals surface area (Å²) in [6.45, 7) is 1.75. The van der Waals surface area contributed by atoms with Crippen LogP contribution in [0.1, 0.15) is 0 Å². The molecular formula is C12H23NO9. The van der Waals surface area contributed by atoms with Crippen molar-refractivity contribution in [1.29, 1.82) is 0 Å². The van der Waals surface area contributed by atoms with Gasteiger partial charge in [0.2, 0.25) is 0 Å². The fourth-order valence-electron chi connectivity index (χ4n) is 1.82. The molecule has 0 radical (unpaired) electrons. The first-order chi connectivity index (χ1) is 10.5. The molecule has 10 nitrogen and oxygen atoms in total. The van der Waals surface area contributed by atoms with Gasteiger partial charge in [-0.1, -0.05) is 0 Å². The normalized spacial score (nSPS) is 32.1. The Labute approximate surface area is 127 Å². The molecule has 22 heavy (non-hydrogen) atoms. The summed E-state index contributed by atoms with van der Waals surface area (Å²) >= 11 is 0. The molecule has 1 rings (SSSR count). The van der Waals surface area contributed by atoms with Gasteiger partial charge in [0.25, 0.3) is 0 Å². The Morgan fingerprint density at radius 3 is 2.14 bits per heavy atom. The van der Waals surface area contributed by atoms with Gasteiger partial charge < -0.3 is 45.1 Å². The van der Waals surface area contributed by atoms with Crippen molar-refractivity contribution in [3.8, 4) is 0 Å². The number of aliphatic hydroxyl groups excluding tert-OH is 3. The smallest absolute Gasteiger partial charge is 0.335 e. The number of ether oxygens (including phenoxy) is 4. The first-order valence-electron chi connectivity index (χ1n) is 6.88. The molecule has 0 aromatic carbocycles. The SMILES string of the molecule is NCCOCCOCCOC1OC(C(=O)O)C(O)C(O)C1O. The minimum Gasteiger partial charge on any atom is -0.479 e. The van der Waals surface area contributed by atoms with Gasteiger partial charge in [0.05, 0.1) is 33.0 Å². The molecule has 1 saturated heterocycles. The number of aliphatic hydroxyl groups is 3. The van der Waals surface area contributed by atoms with Crippen molar-refractivity contribution in [2.45, 2.75) is 30.7 Å². The lowest BCUT2D eigenvalue weighted by Gasteiger charge is -2.38. The van der Waals surface area contributed by atoms with Crippen molar-refractivity contribution in [2.24, 2.45) is 5.73 Å². The molecule has 1 fully saturated rings. The standard InChI is InChI=1S/C12H23NO9/c13-1-2-19-3-4-20-5-6-21-12-9(16)7(14)8(15)10(22-12)11(17)18/h7-10,12,14-16H,1-6,13H2,(H,17,18). The van der Waals surface area contributed by atoms with Crippen LogP contribution in [0.25, 0.3) is 0 Å². The lowest BCUT2D eigenvalue weighted by molar-refractivity contribution is -0.295. The number of rotatable bonds is 10. The fraction of sp³-hybridized carbons (Fsp3) is 0.917. The van der Waals surface area contributed by atoms with E-state index in [1.165, 1.54) is 0 Å². The number of nitrogens with two attached hydrogens (primary N) is 1. The molecule has 0 aromatic rings. The van der Waals surface area contributed by atoms with E-state index >= 15 is 0 Å². The van der Waals surface area contributed by atoms with Crippen molar-refractivity contribution in [3.05, 3.63) is 0 Å². The van der Waals surface area contributed by atoms with E-state index in [0.29, 0.717) is 26.4 Å². The Morgan fingerprint density at radius 1 is 0.955 bits per heavy atom. The first-order valence-corrected chi connectivity index (χ1v) is 6.88. The van der Waals surface area contributed by atoms with Crippen LogP contribution in [0.5, 0.6) is 0 Å². The van der Waals surface area contributed by atoms with Gasteiger partial charge in [-0.15, -0.1) is 0 Å². The highest BCUT2D eigenvalue weighted by molar-refractivity contribution is 5.73. The van der Waals surface area contributed by atoms with Crippen LogP contribution in [0.15, 0.2) is 0 Å². The summed E-state index contributed by atoms with van der Waals surface area (Å²) < 4.78 is 20.3. The monoisotopic (exact) mass is 325 g/mol. The highest BCUT2D eigenvalue weighted by Gasteiger charge is 2.47. The van der Waals surface area contributed by atoms with Gasteiger partial charge in [0, 0.05) is 6.54 Å². The van der Waals surface area contributed by atoms with E-state index in [1.54, 1.807) is 0 Å². The minimum atomic E-state index is -1.73. The Morgan fingerprint density at radius 2 is 1.55 bits per heavy atom. The Hall–Kier alpha value is -0.850. The van der Waals surface area contributed by atoms with Crippen LogP contribution < -0.4 is 5.73 Å². The van der Waals surface area contributed by atoms with E-state index in [1.807, 2.05) is 0 Å². The van der Waals surface area contributed by atoms with Crippen LogP contribution in [0.2, 0.25) is 0 Å². The van der Waals surface area contributed by atoms with Gasteiger partial charge in [-0.3, -0.25) is 0 Å². The molecule has 0 amide bonds. The molecule has 130 valence electrons. The Bertz CT molecular complexity index is 330. The summed E-state index contributed by atoms with van der Waals surface area (Å²) in [7, 11) is 0. The molecule has 0 bridgehead atoms. The summed E-state index contributed by atoms with van der Waals surface area (Å²) in [4.78, 5) is 10.9. The van der Waals surface area contributed by atoms with Crippen molar-refractivity contribution >= 4 is 5.97 Å². The number of aliphatic carboxylic acids is 1. The molecule has 5 atom stereocenters. The molecule has 5 unspecified atom stereocenters. The molecule has 0 spiro atoms. The second kappa shape index (κ2) is 10.0. The summed E-state index contributed by atoms with van der Waals surface area (Å²) in [5.74, 6) is -1.46. The van der Waals surface area contributed by atoms with Crippen LogP contribution in [-0.2, 0) is 23.7 Å². The minimum absolute atomic E-state index is 0.00771. The lowest BCUT2D eigenvalue weighted by Crippen LogP contribution is -2.60. The quantitative estimate of drug-likeness (QED) is 0.260. The number of hydrogen-bond acceptors (Lipinski definition) is 9. The molecule has 1 aliphatic heterocycles. The third-order valence-electron chi connectivity index (χ3n) is 2.96. The second-order valence-corrected chi connectivity index (χ2v) is 4.62. The highest BCUT2D eigenvalue weighted by Crippen LogP contribution is 2.22. The van der Waals surface area contributed by atoms with E-state index in [4.69, 9.17) is 29.8 Å². The summed E-state index contributed by atoms with van der Waals surface area (Å²) in [5.41, 5.74) is 5.24. The van der Waals surface area contributed by atoms with Gasteiger partial charge in [-0.2, -0.15) is 0 Å². The third-order valence-corrected chi connectivity index (χ3v) is 2.96. The predicted molar refractivity (Wildman–Crippen MR) is 71.0 cm³/mol. The van der Waals surface area contributed by atoms with Crippen LogP contribution in [-0.4, -0.2) is 96.7 Å². The van der Waals surface area contributed by atoms with Gasteiger partial charge >= 0.3 is 5.97 Å². The molecule has 10 heteroatoms. The second-order valence-electron chi connectivity index (χ2n) is 4.62. The Kier molecular flexibility index (Phi) is 8.75. The van der Waals surface area contributed by atoms with Crippen molar-refractivity contribution in [3.63, 3.8) is 0 Å². The van der Waals surface area contributed by atoms with Crippen molar-refractivity contribution in [2.75, 3.05) is 39.6 Å². The molecule has 1 aliphatic rings. The van der Waals surface area contributed by atoms with Crippen LogP contribution in [0.3, 0.4) is 0 Å². The number of carbonyl (C=O) groups is 1. The zero-order valence-corrected chi connectivity index (χ0v) is 12.0. The lowest BCUT2D eigenvalue weighted by atomic mass is 9.99. The van der Waals surface area contributed by atoms with Gasteiger partial charge in [-0.25, -0.2) is 4.79 Å². The summed E-state index contributed by atoms with van der Waals surface area (Å²) in [6, 6.07) is 0. The number of carboxylic acids is 1. The van der Waals surface area contributed by atoms with Crippen molar-refractivity contribution in [1.82, 2.24) is 0 Å². The van der Waals surface area contributed by atoms with E-state index < -0.39 is 36.7 Å². The molecule has 0 saturated carbocycles. The van der Waals surface area contributed by atoms with Gasteiger partial charge in [-0.05, 0) is 0 Å². The molecule has 0 aliphatic carbocycles. The third kappa shape index (κ3) is 5.74. The van der Waals surface area contributed by atoms with E-state index in [-0.39, 0.29) is 13.2 Å². The molecule has 0 aromatic heterocycles. The van der Waals surface area contributed by atoms with Gasteiger partial charge in [0.15, 0.2) is 12.4 Å². The maximum Gasteiger partial charge on any atom is 0.335 e. The van der Waals surface area contributed by atoms with E-state index in [0.717, 1.165) is 0 Å². The summed E-state index contributed by atoms with van der Waals surface area (Å²) in [6.07, 6.45) is -8.00. The number of carboxylic acid groups (broad SMARTS) is 1. The topological polar surface area (TPSA) is 161 Å². The Balaban J connectivity index is 2.25. The summed E-state index contributed by atoms with van der Waals surface area (Å²) in [5, 5.41) is 37.6. The largest absolute Gasteiger partial charge is 0.479 e. The first kappa shape index (κ1) is 19.2. The zero-order chi connectivity index (χ0) is 16.5. The van der Waals surface area contributed by atoms with Crippen LogP contribution >= 0.6 is 0 Å². The van der Waals surface area contributed by atoms with E-state index in [9.17, 15) is 20.1 Å². The van der Waals surface area contributed by atoms with Crippen molar-refractivity contribution < 1.29 is 44.2 Å². The molecule has 1 heterocycles. The molecule has 6 N–H and O–H groups in total. The maximum absolute atomic E-state index is 10.9. The predicted octanol–water partition coefficient (Wildman–Crippen LogP) is -3.11. The maximum atomic E-state index is 10.9. The van der Waals surface area contributed by atoms with Gasteiger partial charge in [0.1, 0.15) is 18.3 Å². The number of hydrogen-bond donors (Lipinski definition) is 5. The molecular weight excluding hydrogens is 302 g/mol. The highest BCUT2D eigenvalue weighted by atomic mass is 16.7. The van der Waals surface area contributed by atoms with E-state index in [2.05, 4.69) is 0 Å². The van der Waals surface area contributed by atoms with Crippen LogP contribution in [0, 0.1) is 0 Å².